The SMILES string of the molecule is CSc1nc(Cl)cc(N2CCOC[C@@H]2C)n1. The van der Waals surface area contributed by atoms with Gasteiger partial charge in [0.25, 0.3) is 0 Å². The van der Waals surface area contributed by atoms with Crippen LogP contribution in [0.4, 0.5) is 5.82 Å². The smallest absolute Gasteiger partial charge is 0.190 e. The van der Waals surface area contributed by atoms with Crippen molar-refractivity contribution in [3.63, 3.8) is 0 Å². The summed E-state index contributed by atoms with van der Waals surface area (Å²) in [5, 5.41) is 1.20. The summed E-state index contributed by atoms with van der Waals surface area (Å²) in [5.74, 6) is 0.889. The van der Waals surface area contributed by atoms with E-state index in [4.69, 9.17) is 16.3 Å². The van der Waals surface area contributed by atoms with E-state index in [1.807, 2.05) is 12.3 Å². The Hall–Kier alpha value is -0.520. The van der Waals surface area contributed by atoms with Crippen molar-refractivity contribution >= 4 is 29.2 Å². The highest BCUT2D eigenvalue weighted by atomic mass is 35.5. The highest BCUT2D eigenvalue weighted by Crippen LogP contribution is 2.23. The lowest BCUT2D eigenvalue weighted by molar-refractivity contribution is 0.0984. The van der Waals surface area contributed by atoms with Crippen molar-refractivity contribution in [1.82, 2.24) is 9.97 Å². The highest BCUT2D eigenvalue weighted by Gasteiger charge is 2.21. The number of hydrogen-bond donors (Lipinski definition) is 0. The molecule has 1 atom stereocenters. The van der Waals surface area contributed by atoms with Crippen LogP contribution in [0.25, 0.3) is 0 Å². The number of aromatic nitrogens is 2. The third-order valence-corrected chi connectivity index (χ3v) is 3.25. The van der Waals surface area contributed by atoms with Crippen LogP contribution in [0.2, 0.25) is 5.15 Å². The minimum atomic E-state index is 0.328. The molecule has 0 spiro atoms. The van der Waals surface area contributed by atoms with Gasteiger partial charge >= 0.3 is 0 Å². The van der Waals surface area contributed by atoms with Gasteiger partial charge in [0.1, 0.15) is 11.0 Å². The van der Waals surface area contributed by atoms with Crippen molar-refractivity contribution in [2.24, 2.45) is 0 Å². The monoisotopic (exact) mass is 259 g/mol. The largest absolute Gasteiger partial charge is 0.377 e. The molecular formula is C10H14ClN3OS. The Morgan fingerprint density at radius 1 is 1.56 bits per heavy atom. The first-order valence-electron chi connectivity index (χ1n) is 5.13. The first-order valence-corrected chi connectivity index (χ1v) is 6.74. The molecule has 16 heavy (non-hydrogen) atoms. The second kappa shape index (κ2) is 5.21. The van der Waals surface area contributed by atoms with E-state index < -0.39 is 0 Å². The van der Waals surface area contributed by atoms with E-state index in [0.717, 1.165) is 25.6 Å². The van der Waals surface area contributed by atoms with Crippen LogP contribution in [0.5, 0.6) is 0 Å². The van der Waals surface area contributed by atoms with E-state index >= 15 is 0 Å². The molecule has 1 aliphatic heterocycles. The van der Waals surface area contributed by atoms with Gasteiger partial charge in [-0.25, -0.2) is 9.97 Å². The number of rotatable bonds is 2. The normalized spacial score (nSPS) is 21.2. The van der Waals surface area contributed by atoms with E-state index in [1.165, 1.54) is 11.8 Å². The number of anilines is 1. The molecular weight excluding hydrogens is 246 g/mol. The molecule has 1 aromatic heterocycles. The lowest BCUT2D eigenvalue weighted by Gasteiger charge is -2.34. The molecule has 2 rings (SSSR count). The van der Waals surface area contributed by atoms with Gasteiger partial charge in [-0.2, -0.15) is 0 Å². The van der Waals surface area contributed by atoms with Gasteiger partial charge in [0.15, 0.2) is 5.16 Å². The van der Waals surface area contributed by atoms with E-state index in [0.29, 0.717) is 16.4 Å². The fourth-order valence-corrected chi connectivity index (χ4v) is 2.29. The predicted molar refractivity (Wildman–Crippen MR) is 66.5 cm³/mol. The third kappa shape index (κ3) is 2.59. The molecule has 4 nitrogen and oxygen atoms in total. The summed E-state index contributed by atoms with van der Waals surface area (Å²) in [6.45, 7) is 4.44. The molecule has 0 amide bonds. The van der Waals surface area contributed by atoms with E-state index in [2.05, 4.69) is 21.8 Å². The van der Waals surface area contributed by atoms with E-state index in [9.17, 15) is 0 Å². The maximum atomic E-state index is 5.97. The molecule has 0 N–H and O–H groups in total. The minimum absolute atomic E-state index is 0.328. The molecule has 88 valence electrons. The summed E-state index contributed by atoms with van der Waals surface area (Å²) < 4.78 is 5.40. The standard InChI is InChI=1S/C10H14ClN3OS/c1-7-6-15-4-3-14(7)9-5-8(11)12-10(13-9)16-2/h5,7H,3-4,6H2,1-2H3/t7-/m0/s1. The summed E-state index contributed by atoms with van der Waals surface area (Å²) in [7, 11) is 0. The summed E-state index contributed by atoms with van der Waals surface area (Å²) in [6.07, 6.45) is 1.94. The maximum Gasteiger partial charge on any atom is 0.190 e. The molecule has 0 aliphatic carbocycles. The molecule has 0 saturated carbocycles. The fourth-order valence-electron chi connectivity index (χ4n) is 1.69. The average Bonchev–Trinajstić information content (AvgIpc) is 2.28. The third-order valence-electron chi connectivity index (χ3n) is 2.51. The van der Waals surface area contributed by atoms with E-state index in [-0.39, 0.29) is 0 Å². The maximum absolute atomic E-state index is 5.97. The predicted octanol–water partition coefficient (Wildman–Crippen LogP) is 2.08. The lowest BCUT2D eigenvalue weighted by Crippen LogP contribution is -2.44. The highest BCUT2D eigenvalue weighted by molar-refractivity contribution is 7.98. The Morgan fingerprint density at radius 3 is 3.06 bits per heavy atom. The van der Waals surface area contributed by atoms with Crippen LogP contribution < -0.4 is 4.90 Å². The second-order valence-corrected chi connectivity index (χ2v) is 4.81. The van der Waals surface area contributed by atoms with Gasteiger partial charge in [0.05, 0.1) is 19.3 Å². The Bertz CT molecular complexity index is 377. The number of nitrogens with zero attached hydrogens (tertiary/aromatic N) is 3. The molecule has 0 radical (unpaired) electrons. The number of hydrogen-bond acceptors (Lipinski definition) is 5. The van der Waals surface area contributed by atoms with Crippen LogP contribution in [0.3, 0.4) is 0 Å². The molecule has 2 heterocycles. The van der Waals surface area contributed by atoms with Crippen LogP contribution in [-0.2, 0) is 4.74 Å². The minimum Gasteiger partial charge on any atom is -0.377 e. The Morgan fingerprint density at radius 2 is 2.38 bits per heavy atom. The van der Waals surface area contributed by atoms with Crippen molar-refractivity contribution < 1.29 is 4.74 Å². The quantitative estimate of drug-likeness (QED) is 0.462. The zero-order chi connectivity index (χ0) is 11.5. The molecule has 1 fully saturated rings. The Kier molecular flexibility index (Phi) is 3.89. The van der Waals surface area contributed by atoms with Gasteiger partial charge < -0.3 is 9.64 Å². The Labute approximate surface area is 104 Å². The van der Waals surface area contributed by atoms with Crippen LogP contribution in [0, 0.1) is 0 Å². The van der Waals surface area contributed by atoms with Gasteiger partial charge in [-0.05, 0) is 13.2 Å². The number of morpholine rings is 1. The summed E-state index contributed by atoms with van der Waals surface area (Å²) >= 11 is 7.47. The number of thioether (sulfide) groups is 1. The molecule has 0 unspecified atom stereocenters. The van der Waals surface area contributed by atoms with Gasteiger partial charge in [-0.3, -0.25) is 0 Å². The zero-order valence-corrected chi connectivity index (χ0v) is 10.9. The van der Waals surface area contributed by atoms with Crippen molar-refractivity contribution in [3.8, 4) is 0 Å². The lowest BCUT2D eigenvalue weighted by atomic mass is 10.2. The fraction of sp³-hybridized carbons (Fsp3) is 0.600. The summed E-state index contributed by atoms with van der Waals surface area (Å²) in [4.78, 5) is 10.8. The molecule has 1 saturated heterocycles. The zero-order valence-electron chi connectivity index (χ0n) is 9.31. The summed E-state index contributed by atoms with van der Waals surface area (Å²) in [5.41, 5.74) is 0. The van der Waals surface area contributed by atoms with Gasteiger partial charge in [0, 0.05) is 12.6 Å². The van der Waals surface area contributed by atoms with Crippen molar-refractivity contribution in [2.45, 2.75) is 18.1 Å². The number of halogens is 1. The second-order valence-electron chi connectivity index (χ2n) is 3.65. The van der Waals surface area contributed by atoms with Crippen molar-refractivity contribution in [3.05, 3.63) is 11.2 Å². The van der Waals surface area contributed by atoms with E-state index in [1.54, 1.807) is 0 Å². The van der Waals surface area contributed by atoms with Crippen molar-refractivity contribution in [2.75, 3.05) is 30.9 Å². The van der Waals surface area contributed by atoms with Gasteiger partial charge in [0.2, 0.25) is 0 Å². The molecule has 0 bridgehead atoms. The van der Waals surface area contributed by atoms with Gasteiger partial charge in [-0.15, -0.1) is 0 Å². The van der Waals surface area contributed by atoms with Crippen molar-refractivity contribution in [1.29, 1.82) is 0 Å². The molecule has 1 aromatic rings. The van der Waals surface area contributed by atoms with Crippen LogP contribution in [0.15, 0.2) is 11.2 Å². The van der Waals surface area contributed by atoms with Crippen LogP contribution in [0.1, 0.15) is 6.92 Å². The first kappa shape index (κ1) is 12.0. The summed E-state index contributed by atoms with van der Waals surface area (Å²) in [6, 6.07) is 2.14. The number of ether oxygens (including phenoxy) is 1. The molecule has 6 heteroatoms. The Balaban J connectivity index is 2.27. The molecule has 0 aromatic carbocycles. The van der Waals surface area contributed by atoms with Crippen LogP contribution >= 0.6 is 23.4 Å². The molecule has 1 aliphatic rings. The first-order chi connectivity index (χ1) is 7.70. The topological polar surface area (TPSA) is 38.2 Å². The average molecular weight is 260 g/mol. The van der Waals surface area contributed by atoms with Crippen LogP contribution in [-0.4, -0.2) is 42.0 Å². The van der Waals surface area contributed by atoms with Gasteiger partial charge in [-0.1, -0.05) is 23.4 Å².